The van der Waals surface area contributed by atoms with Crippen LogP contribution >= 0.6 is 0 Å². The van der Waals surface area contributed by atoms with Gasteiger partial charge in [0, 0.05) is 12.0 Å². The summed E-state index contributed by atoms with van der Waals surface area (Å²) in [5.74, 6) is 0.439. The molecule has 0 aliphatic heterocycles. The summed E-state index contributed by atoms with van der Waals surface area (Å²) in [6.45, 7) is 4.34. The molecule has 0 aliphatic carbocycles. The van der Waals surface area contributed by atoms with Gasteiger partial charge in [-0.2, -0.15) is 0 Å². The first kappa shape index (κ1) is 11.0. The third kappa shape index (κ3) is 1.73. The van der Waals surface area contributed by atoms with Crippen LogP contribution in [0.4, 0.5) is 0 Å². The Morgan fingerprint density at radius 2 is 2.14 bits per heavy atom. The number of carbonyl (C=O) groups excluding carboxylic acids is 1. The Morgan fingerprint density at radius 1 is 1.50 bits per heavy atom. The largest absolute Gasteiger partial charge is 0.461 e. The molecule has 0 aromatic carbocycles. The van der Waals surface area contributed by atoms with Gasteiger partial charge in [0.05, 0.1) is 6.26 Å². The third-order valence-corrected chi connectivity index (χ3v) is 2.97. The van der Waals surface area contributed by atoms with Gasteiger partial charge >= 0.3 is 0 Å². The van der Waals surface area contributed by atoms with Gasteiger partial charge in [-0.05, 0) is 25.0 Å². The topological polar surface area (TPSA) is 56.2 Å². The number of rotatable bonds is 5. The predicted octanol–water partition coefficient (Wildman–Crippen LogP) is 2.23. The molecule has 1 aromatic heterocycles. The quantitative estimate of drug-likeness (QED) is 0.733. The summed E-state index contributed by atoms with van der Waals surface area (Å²) in [5, 5.41) is 0. The smallest absolute Gasteiger partial charge is 0.205 e. The van der Waals surface area contributed by atoms with E-state index in [0.717, 1.165) is 12.8 Å². The van der Waals surface area contributed by atoms with E-state index in [1.807, 2.05) is 13.8 Å². The number of Topliss-reactive ketones (excluding diaryl/α,β-unsaturated/α-hetero) is 1. The van der Waals surface area contributed by atoms with E-state index in [4.69, 9.17) is 10.2 Å². The van der Waals surface area contributed by atoms with Gasteiger partial charge in [0.1, 0.15) is 0 Å². The molecule has 0 atom stereocenters. The van der Waals surface area contributed by atoms with E-state index in [-0.39, 0.29) is 5.78 Å². The molecule has 0 amide bonds. The second kappa shape index (κ2) is 4.42. The minimum Gasteiger partial charge on any atom is -0.461 e. The van der Waals surface area contributed by atoms with Gasteiger partial charge in [-0.25, -0.2) is 0 Å². The van der Waals surface area contributed by atoms with Gasteiger partial charge in [0.15, 0.2) is 5.76 Å². The number of hydrogen-bond donors (Lipinski definition) is 1. The lowest BCUT2D eigenvalue weighted by atomic mass is 9.77. The molecule has 14 heavy (non-hydrogen) atoms. The number of nitrogens with two attached hydrogens (primary N) is 1. The lowest BCUT2D eigenvalue weighted by molar-refractivity contribution is 0.0756. The second-order valence-corrected chi connectivity index (χ2v) is 3.50. The van der Waals surface area contributed by atoms with E-state index in [2.05, 4.69) is 0 Å². The Morgan fingerprint density at radius 3 is 2.50 bits per heavy atom. The predicted molar refractivity (Wildman–Crippen MR) is 55.1 cm³/mol. The maximum absolute atomic E-state index is 12.0. The summed E-state index contributed by atoms with van der Waals surface area (Å²) >= 11 is 0. The van der Waals surface area contributed by atoms with E-state index in [1.54, 1.807) is 12.1 Å². The zero-order chi connectivity index (χ0) is 10.6. The summed E-state index contributed by atoms with van der Waals surface area (Å²) < 4.78 is 5.10. The molecule has 0 saturated carbocycles. The summed E-state index contributed by atoms with van der Waals surface area (Å²) in [6.07, 6.45) is 3.01. The maximum Gasteiger partial charge on any atom is 0.205 e. The zero-order valence-corrected chi connectivity index (χ0v) is 8.75. The zero-order valence-electron chi connectivity index (χ0n) is 8.75. The lowest BCUT2D eigenvalue weighted by Crippen LogP contribution is -2.37. The molecular weight excluding hydrogens is 178 g/mol. The van der Waals surface area contributed by atoms with E-state index >= 15 is 0 Å². The van der Waals surface area contributed by atoms with Gasteiger partial charge in [0.2, 0.25) is 5.78 Å². The Balaban J connectivity index is 2.95. The summed E-state index contributed by atoms with van der Waals surface area (Å²) in [4.78, 5) is 12.0. The highest BCUT2D eigenvalue weighted by atomic mass is 16.3. The highest BCUT2D eigenvalue weighted by Crippen LogP contribution is 2.29. The monoisotopic (exact) mass is 195 g/mol. The number of carbonyl (C=O) groups is 1. The average molecular weight is 195 g/mol. The van der Waals surface area contributed by atoms with Crippen LogP contribution in [-0.4, -0.2) is 12.3 Å². The van der Waals surface area contributed by atoms with Crippen molar-refractivity contribution in [3.63, 3.8) is 0 Å². The van der Waals surface area contributed by atoms with Crippen LogP contribution in [0, 0.1) is 5.41 Å². The van der Waals surface area contributed by atoms with Crippen molar-refractivity contribution in [1.29, 1.82) is 0 Å². The molecule has 0 fully saturated rings. The van der Waals surface area contributed by atoms with Crippen LogP contribution in [0.5, 0.6) is 0 Å². The molecule has 0 saturated heterocycles. The van der Waals surface area contributed by atoms with Crippen LogP contribution in [0.25, 0.3) is 0 Å². The van der Waals surface area contributed by atoms with Crippen LogP contribution in [0.1, 0.15) is 37.2 Å². The number of ketones is 1. The summed E-state index contributed by atoms with van der Waals surface area (Å²) in [6, 6.07) is 3.41. The third-order valence-electron chi connectivity index (χ3n) is 2.97. The van der Waals surface area contributed by atoms with Crippen LogP contribution < -0.4 is 5.73 Å². The van der Waals surface area contributed by atoms with Gasteiger partial charge in [-0.15, -0.1) is 0 Å². The molecule has 0 radical (unpaired) electrons. The molecule has 0 aliphatic rings. The van der Waals surface area contributed by atoms with Crippen molar-refractivity contribution in [3.05, 3.63) is 24.2 Å². The van der Waals surface area contributed by atoms with Crippen molar-refractivity contribution in [2.24, 2.45) is 11.1 Å². The molecule has 1 rings (SSSR count). The van der Waals surface area contributed by atoms with Crippen LogP contribution in [0.15, 0.2) is 22.8 Å². The highest BCUT2D eigenvalue weighted by Gasteiger charge is 2.35. The average Bonchev–Trinajstić information content (AvgIpc) is 2.74. The summed E-state index contributed by atoms with van der Waals surface area (Å²) in [7, 11) is 0. The Bertz CT molecular complexity index is 278. The first-order valence-electron chi connectivity index (χ1n) is 4.98. The Labute approximate surface area is 84.3 Å². The van der Waals surface area contributed by atoms with Crippen molar-refractivity contribution < 1.29 is 9.21 Å². The van der Waals surface area contributed by atoms with Crippen LogP contribution in [-0.2, 0) is 0 Å². The van der Waals surface area contributed by atoms with E-state index < -0.39 is 5.41 Å². The standard InChI is InChI=1S/C11H17NO2/c1-3-11(4-2,8-12)10(13)9-6-5-7-14-9/h5-7H,3-4,8,12H2,1-2H3. The molecule has 78 valence electrons. The number of furan rings is 1. The normalized spacial score (nSPS) is 11.6. The molecule has 0 spiro atoms. The van der Waals surface area contributed by atoms with Gasteiger partial charge in [-0.1, -0.05) is 13.8 Å². The Kier molecular flexibility index (Phi) is 3.47. The van der Waals surface area contributed by atoms with Gasteiger partial charge in [-0.3, -0.25) is 4.79 Å². The maximum atomic E-state index is 12.0. The molecular formula is C11H17NO2. The molecule has 0 bridgehead atoms. The fourth-order valence-corrected chi connectivity index (χ4v) is 1.62. The molecule has 1 heterocycles. The fraction of sp³-hybridized carbons (Fsp3) is 0.545. The molecule has 3 nitrogen and oxygen atoms in total. The minimum atomic E-state index is -0.447. The first-order valence-corrected chi connectivity index (χ1v) is 4.98. The molecule has 3 heteroatoms. The lowest BCUT2D eigenvalue weighted by Gasteiger charge is -2.26. The van der Waals surface area contributed by atoms with Crippen molar-refractivity contribution in [2.45, 2.75) is 26.7 Å². The van der Waals surface area contributed by atoms with E-state index in [0.29, 0.717) is 12.3 Å². The van der Waals surface area contributed by atoms with Crippen molar-refractivity contribution in [2.75, 3.05) is 6.54 Å². The Hall–Kier alpha value is -1.09. The molecule has 0 unspecified atom stereocenters. The van der Waals surface area contributed by atoms with Crippen LogP contribution in [0.3, 0.4) is 0 Å². The van der Waals surface area contributed by atoms with Crippen molar-refractivity contribution in [1.82, 2.24) is 0 Å². The molecule has 1 aromatic rings. The van der Waals surface area contributed by atoms with Crippen molar-refractivity contribution >= 4 is 5.78 Å². The van der Waals surface area contributed by atoms with Gasteiger partial charge < -0.3 is 10.2 Å². The second-order valence-electron chi connectivity index (χ2n) is 3.50. The highest BCUT2D eigenvalue weighted by molar-refractivity contribution is 5.98. The van der Waals surface area contributed by atoms with E-state index in [1.165, 1.54) is 6.26 Å². The van der Waals surface area contributed by atoms with Gasteiger partial charge in [0.25, 0.3) is 0 Å². The number of hydrogen-bond acceptors (Lipinski definition) is 3. The fourth-order valence-electron chi connectivity index (χ4n) is 1.62. The first-order chi connectivity index (χ1) is 6.70. The van der Waals surface area contributed by atoms with E-state index in [9.17, 15) is 4.79 Å². The molecule has 2 N–H and O–H groups in total. The SMILES string of the molecule is CCC(CC)(CN)C(=O)c1ccco1. The summed E-state index contributed by atoms with van der Waals surface area (Å²) in [5.41, 5.74) is 5.23. The minimum absolute atomic E-state index is 0.0231. The van der Waals surface area contributed by atoms with Crippen LogP contribution in [0.2, 0.25) is 0 Å². The van der Waals surface area contributed by atoms with Crippen molar-refractivity contribution in [3.8, 4) is 0 Å².